The van der Waals surface area contributed by atoms with Crippen molar-refractivity contribution in [3.63, 3.8) is 0 Å². The molecular formula is C20H36O5PS+. The summed E-state index contributed by atoms with van der Waals surface area (Å²) in [5.74, 6) is 0. The summed E-state index contributed by atoms with van der Waals surface area (Å²) in [4.78, 5) is -1.34. The zero-order valence-electron chi connectivity index (χ0n) is 17.4. The molecule has 0 aromatic carbocycles. The molecule has 0 aromatic heterocycles. The van der Waals surface area contributed by atoms with Gasteiger partial charge in [-0.25, -0.2) is 0 Å². The Balaban J connectivity index is 4.31. The number of allylic oxidation sites excluding steroid dienone is 6. The Morgan fingerprint density at radius 1 is 1.00 bits per heavy atom. The van der Waals surface area contributed by atoms with Crippen molar-refractivity contribution in [1.29, 1.82) is 0 Å². The average Bonchev–Trinajstić information content (AvgIpc) is 2.53. The average molecular weight is 420 g/mol. The molecule has 0 aromatic rings. The standard InChI is InChI=1S/C20H35O5PS/c1-6-25-26(21)20(27(22,23)24)16-8-7-12-18(4)14-10-15-19(5)13-9-11-17(2)3/h11-12,15,20H,6-10,13-14,16H2,1-5H3/p+1/b18-12+,19-15+. The minimum Gasteiger partial charge on any atom is -0.282 e. The zero-order valence-corrected chi connectivity index (χ0v) is 19.1. The van der Waals surface area contributed by atoms with Gasteiger partial charge in [-0.3, -0.25) is 4.55 Å². The molecule has 0 fully saturated rings. The third-order valence-corrected chi connectivity index (χ3v) is 7.59. The lowest BCUT2D eigenvalue weighted by atomic mass is 10.1. The second kappa shape index (κ2) is 14.2. The van der Waals surface area contributed by atoms with E-state index in [-0.39, 0.29) is 13.0 Å². The topological polar surface area (TPSA) is 80.7 Å². The van der Waals surface area contributed by atoms with Crippen molar-refractivity contribution in [3.05, 3.63) is 34.9 Å². The summed E-state index contributed by atoms with van der Waals surface area (Å²) in [6.45, 7) is 10.2. The second-order valence-electron chi connectivity index (χ2n) is 7.06. The molecule has 0 radical (unpaired) electrons. The molecule has 0 amide bonds. The lowest BCUT2D eigenvalue weighted by molar-refractivity contribution is 0.345. The van der Waals surface area contributed by atoms with Crippen LogP contribution in [0.2, 0.25) is 0 Å². The minimum absolute atomic E-state index is 0.126. The normalized spacial score (nSPS) is 14.8. The van der Waals surface area contributed by atoms with Crippen molar-refractivity contribution in [1.82, 2.24) is 0 Å². The first kappa shape index (κ1) is 26.2. The number of hydrogen-bond acceptors (Lipinski definition) is 4. The predicted octanol–water partition coefficient (Wildman–Crippen LogP) is 6.57. The molecule has 2 unspecified atom stereocenters. The van der Waals surface area contributed by atoms with Gasteiger partial charge < -0.3 is 0 Å². The molecule has 0 aliphatic carbocycles. The van der Waals surface area contributed by atoms with E-state index in [0.717, 1.165) is 25.7 Å². The maximum atomic E-state index is 11.8. The molecule has 0 spiro atoms. The fourth-order valence-electron chi connectivity index (χ4n) is 2.55. The second-order valence-corrected chi connectivity index (χ2v) is 10.5. The Hall–Kier alpha value is -0.810. The van der Waals surface area contributed by atoms with Crippen LogP contribution in [-0.2, 0) is 19.2 Å². The van der Waals surface area contributed by atoms with Gasteiger partial charge in [0.2, 0.25) is 0 Å². The first-order chi connectivity index (χ1) is 12.6. The lowest BCUT2D eigenvalue weighted by Gasteiger charge is -2.04. The quantitative estimate of drug-likeness (QED) is 0.149. The predicted molar refractivity (Wildman–Crippen MR) is 114 cm³/mol. The molecule has 0 aliphatic rings. The monoisotopic (exact) mass is 419 g/mol. The van der Waals surface area contributed by atoms with Gasteiger partial charge >= 0.3 is 23.1 Å². The first-order valence-corrected chi connectivity index (χ1v) is 12.3. The van der Waals surface area contributed by atoms with Crippen molar-refractivity contribution < 1.29 is 22.1 Å². The van der Waals surface area contributed by atoms with E-state index in [1.165, 1.54) is 16.7 Å². The summed E-state index contributed by atoms with van der Waals surface area (Å²) < 4.78 is 48.6. The Kier molecular flexibility index (Phi) is 13.8. The van der Waals surface area contributed by atoms with Crippen molar-refractivity contribution in [2.45, 2.75) is 84.6 Å². The minimum atomic E-state index is -4.37. The molecule has 2 atom stereocenters. The van der Waals surface area contributed by atoms with E-state index in [4.69, 9.17) is 4.52 Å². The molecule has 7 heteroatoms. The molecule has 27 heavy (non-hydrogen) atoms. The van der Waals surface area contributed by atoms with Gasteiger partial charge in [0.25, 0.3) is 0 Å². The van der Waals surface area contributed by atoms with Crippen LogP contribution in [0.1, 0.15) is 79.6 Å². The van der Waals surface area contributed by atoms with Crippen molar-refractivity contribution in [3.8, 4) is 0 Å². The molecule has 0 aliphatic heterocycles. The largest absolute Gasteiger partial charge is 0.530 e. The van der Waals surface area contributed by atoms with E-state index >= 15 is 0 Å². The van der Waals surface area contributed by atoms with E-state index in [1.807, 2.05) is 0 Å². The van der Waals surface area contributed by atoms with Crippen LogP contribution in [0.3, 0.4) is 0 Å². The van der Waals surface area contributed by atoms with Crippen molar-refractivity contribution in [2.24, 2.45) is 0 Å². The fraction of sp³-hybridized carbons (Fsp3) is 0.700. The van der Waals surface area contributed by atoms with E-state index in [2.05, 4.69) is 45.9 Å². The Morgan fingerprint density at radius 2 is 1.52 bits per heavy atom. The Morgan fingerprint density at radius 3 is 2.00 bits per heavy atom. The Labute approximate surface area is 166 Å². The molecule has 5 nitrogen and oxygen atoms in total. The van der Waals surface area contributed by atoms with Gasteiger partial charge in [-0.05, 0) is 77.7 Å². The van der Waals surface area contributed by atoms with Crippen LogP contribution >= 0.6 is 8.03 Å². The third kappa shape index (κ3) is 13.9. The SMILES string of the molecule is CCO[P+](=O)C(CCC/C=C(\C)CC/C=C(\C)CCC=C(C)C)S(=O)(=O)O. The maximum absolute atomic E-state index is 11.8. The van der Waals surface area contributed by atoms with E-state index < -0.39 is 23.1 Å². The van der Waals surface area contributed by atoms with Crippen molar-refractivity contribution >= 4 is 18.1 Å². The number of unbranched alkanes of at least 4 members (excludes halogenated alkanes) is 1. The van der Waals surface area contributed by atoms with Gasteiger partial charge in [-0.15, -0.1) is 4.52 Å². The van der Waals surface area contributed by atoms with E-state index in [1.54, 1.807) is 6.92 Å². The summed E-state index contributed by atoms with van der Waals surface area (Å²) in [5, 5.41) is 0. The maximum Gasteiger partial charge on any atom is 0.530 e. The van der Waals surface area contributed by atoms with Gasteiger partial charge in [0.05, 0.1) is 6.61 Å². The summed E-state index contributed by atoms with van der Waals surface area (Å²) in [7, 11) is -6.78. The van der Waals surface area contributed by atoms with Crippen LogP contribution in [0, 0.1) is 0 Å². The number of hydrogen-bond donors (Lipinski definition) is 1. The van der Waals surface area contributed by atoms with Crippen LogP contribution in [0.25, 0.3) is 0 Å². The van der Waals surface area contributed by atoms with Crippen LogP contribution in [0.15, 0.2) is 34.9 Å². The highest BCUT2D eigenvalue weighted by Gasteiger charge is 2.42. The lowest BCUT2D eigenvalue weighted by Crippen LogP contribution is -2.17. The van der Waals surface area contributed by atoms with Crippen LogP contribution in [0.4, 0.5) is 0 Å². The highest BCUT2D eigenvalue weighted by atomic mass is 32.2. The molecule has 0 saturated carbocycles. The highest BCUT2D eigenvalue weighted by molar-refractivity contribution is 7.92. The molecule has 0 heterocycles. The van der Waals surface area contributed by atoms with Crippen LogP contribution in [0.5, 0.6) is 0 Å². The number of rotatable bonds is 14. The summed E-state index contributed by atoms with van der Waals surface area (Å²) in [5.41, 5.74) is 4.00. The molecule has 0 rings (SSSR count). The van der Waals surface area contributed by atoms with E-state index in [0.29, 0.717) is 12.8 Å². The van der Waals surface area contributed by atoms with Gasteiger partial charge in [0.1, 0.15) is 0 Å². The summed E-state index contributed by atoms with van der Waals surface area (Å²) in [6, 6.07) is 0. The fourth-order valence-corrected chi connectivity index (χ4v) is 4.88. The van der Waals surface area contributed by atoms with Crippen LogP contribution < -0.4 is 0 Å². The molecule has 0 saturated heterocycles. The van der Waals surface area contributed by atoms with Gasteiger partial charge in [-0.2, -0.15) is 8.42 Å². The van der Waals surface area contributed by atoms with Gasteiger partial charge in [-0.1, -0.05) is 34.9 Å². The smallest absolute Gasteiger partial charge is 0.282 e. The summed E-state index contributed by atoms with van der Waals surface area (Å²) in [6.07, 6.45) is 12.1. The molecular weight excluding hydrogens is 383 g/mol. The third-order valence-electron chi connectivity index (χ3n) is 4.11. The van der Waals surface area contributed by atoms with Gasteiger partial charge in [0.15, 0.2) is 0 Å². The zero-order chi connectivity index (χ0) is 20.9. The molecule has 156 valence electrons. The molecule has 1 N–H and O–H groups in total. The summed E-state index contributed by atoms with van der Waals surface area (Å²) >= 11 is 0. The highest BCUT2D eigenvalue weighted by Crippen LogP contribution is 2.36. The molecule has 0 bridgehead atoms. The van der Waals surface area contributed by atoms with Crippen molar-refractivity contribution in [2.75, 3.05) is 6.61 Å². The van der Waals surface area contributed by atoms with E-state index in [9.17, 15) is 17.5 Å². The van der Waals surface area contributed by atoms with Crippen LogP contribution in [-0.4, -0.2) is 24.6 Å². The van der Waals surface area contributed by atoms with Gasteiger partial charge in [0, 0.05) is 6.42 Å². The Bertz CT molecular complexity index is 643. The first-order valence-electron chi connectivity index (χ1n) is 9.58.